The van der Waals surface area contributed by atoms with E-state index in [1.54, 1.807) is 0 Å². The minimum Gasteiger partial charge on any atom is -0.464 e. The van der Waals surface area contributed by atoms with Crippen molar-refractivity contribution in [3.8, 4) is 0 Å². The molecular weight excluding hydrogens is 286 g/mol. The van der Waals surface area contributed by atoms with Gasteiger partial charge in [0.15, 0.2) is 0 Å². The third kappa shape index (κ3) is 16.1. The summed E-state index contributed by atoms with van der Waals surface area (Å²) >= 11 is 0. The molecule has 0 aromatic carbocycles. The highest BCUT2D eigenvalue weighted by Crippen LogP contribution is 2.21. The van der Waals surface area contributed by atoms with Gasteiger partial charge in [0.05, 0.1) is 0 Å². The van der Waals surface area contributed by atoms with Crippen LogP contribution in [0.5, 0.6) is 0 Å². The van der Waals surface area contributed by atoms with Crippen LogP contribution in [0.3, 0.4) is 0 Å². The van der Waals surface area contributed by atoms with Crippen molar-refractivity contribution in [1.29, 1.82) is 0 Å². The zero-order valence-corrected chi connectivity index (χ0v) is 16.6. The molecule has 0 N–H and O–H groups in total. The Morgan fingerprint density at radius 1 is 0.870 bits per heavy atom. The Labute approximate surface area is 145 Å². The Morgan fingerprint density at radius 3 is 1.91 bits per heavy atom. The standard InChI is InChI=1S/C20H41NO2/c1-17(2)9-7-10-18(3)11-8-12-19(4)13-14-20(22)23-16-15-21(5)6/h17-19H,7-16H2,1-6H3. The summed E-state index contributed by atoms with van der Waals surface area (Å²) in [5.41, 5.74) is 0. The molecule has 3 nitrogen and oxygen atoms in total. The van der Waals surface area contributed by atoms with Crippen LogP contribution in [0.4, 0.5) is 0 Å². The Kier molecular flexibility index (Phi) is 13.5. The average Bonchev–Trinajstić information content (AvgIpc) is 2.44. The molecule has 3 heteroatoms. The van der Waals surface area contributed by atoms with Crippen LogP contribution in [0.1, 0.15) is 79.1 Å². The third-order valence-corrected chi connectivity index (χ3v) is 4.52. The predicted octanol–water partition coefficient (Wildman–Crippen LogP) is 5.14. The maximum atomic E-state index is 11.6. The molecule has 0 aromatic rings. The van der Waals surface area contributed by atoms with E-state index >= 15 is 0 Å². The van der Waals surface area contributed by atoms with Crippen LogP contribution in [0.2, 0.25) is 0 Å². The number of esters is 1. The third-order valence-electron chi connectivity index (χ3n) is 4.52. The summed E-state index contributed by atoms with van der Waals surface area (Å²) in [7, 11) is 3.97. The first-order valence-corrected chi connectivity index (χ1v) is 9.61. The topological polar surface area (TPSA) is 29.5 Å². The Balaban J connectivity index is 3.55. The minimum absolute atomic E-state index is 0.0410. The summed E-state index contributed by atoms with van der Waals surface area (Å²) in [5.74, 6) is 2.26. The highest BCUT2D eigenvalue weighted by atomic mass is 16.5. The van der Waals surface area contributed by atoms with Crippen molar-refractivity contribution in [2.45, 2.75) is 79.1 Å². The second-order valence-electron chi connectivity index (χ2n) is 8.03. The minimum atomic E-state index is -0.0410. The molecule has 0 aliphatic heterocycles. The van der Waals surface area contributed by atoms with Gasteiger partial charge in [-0.1, -0.05) is 66.2 Å². The van der Waals surface area contributed by atoms with Gasteiger partial charge in [-0.25, -0.2) is 0 Å². The largest absolute Gasteiger partial charge is 0.464 e. The SMILES string of the molecule is CC(C)CCCC(C)CCCC(C)CCC(=O)OCCN(C)C. The molecule has 2 unspecified atom stereocenters. The zero-order valence-electron chi connectivity index (χ0n) is 16.6. The fourth-order valence-corrected chi connectivity index (χ4v) is 2.76. The van der Waals surface area contributed by atoms with Gasteiger partial charge in [-0.3, -0.25) is 4.79 Å². The van der Waals surface area contributed by atoms with E-state index in [0.29, 0.717) is 18.9 Å². The van der Waals surface area contributed by atoms with Gasteiger partial charge in [-0.05, 0) is 38.3 Å². The van der Waals surface area contributed by atoms with Gasteiger partial charge in [0.1, 0.15) is 6.61 Å². The molecule has 0 amide bonds. The quantitative estimate of drug-likeness (QED) is 0.414. The van der Waals surface area contributed by atoms with Crippen molar-refractivity contribution < 1.29 is 9.53 Å². The van der Waals surface area contributed by atoms with E-state index in [1.807, 2.05) is 19.0 Å². The molecule has 0 heterocycles. The Hall–Kier alpha value is -0.570. The monoisotopic (exact) mass is 327 g/mol. The fourth-order valence-electron chi connectivity index (χ4n) is 2.76. The fraction of sp³-hybridized carbons (Fsp3) is 0.950. The van der Waals surface area contributed by atoms with Gasteiger partial charge in [0.2, 0.25) is 0 Å². The van der Waals surface area contributed by atoms with Gasteiger partial charge < -0.3 is 9.64 Å². The van der Waals surface area contributed by atoms with Crippen LogP contribution < -0.4 is 0 Å². The van der Waals surface area contributed by atoms with Crippen molar-refractivity contribution in [3.63, 3.8) is 0 Å². The molecule has 23 heavy (non-hydrogen) atoms. The first kappa shape index (κ1) is 22.4. The number of likely N-dealkylation sites (N-methyl/N-ethyl adjacent to an activating group) is 1. The average molecular weight is 328 g/mol. The van der Waals surface area contributed by atoms with Crippen molar-refractivity contribution in [2.24, 2.45) is 17.8 Å². The van der Waals surface area contributed by atoms with Crippen molar-refractivity contribution >= 4 is 5.97 Å². The van der Waals surface area contributed by atoms with Gasteiger partial charge in [0, 0.05) is 13.0 Å². The summed E-state index contributed by atoms with van der Waals surface area (Å²) < 4.78 is 5.23. The summed E-state index contributed by atoms with van der Waals surface area (Å²) in [6.45, 7) is 10.6. The number of ether oxygens (including phenoxy) is 1. The van der Waals surface area contributed by atoms with Gasteiger partial charge in [0.25, 0.3) is 0 Å². The number of carbonyl (C=O) groups excluding carboxylic acids is 1. The predicted molar refractivity (Wildman–Crippen MR) is 99.6 cm³/mol. The normalized spacial score (nSPS) is 14.3. The lowest BCUT2D eigenvalue weighted by atomic mass is 9.92. The lowest BCUT2D eigenvalue weighted by molar-refractivity contribution is -0.144. The zero-order chi connectivity index (χ0) is 17.7. The van der Waals surface area contributed by atoms with Gasteiger partial charge in [-0.15, -0.1) is 0 Å². The van der Waals surface area contributed by atoms with E-state index in [2.05, 4.69) is 27.7 Å². The second kappa shape index (κ2) is 13.8. The molecule has 0 radical (unpaired) electrons. The van der Waals surface area contributed by atoms with Crippen LogP contribution in [0.25, 0.3) is 0 Å². The summed E-state index contributed by atoms with van der Waals surface area (Å²) in [6, 6.07) is 0. The van der Waals surface area contributed by atoms with E-state index in [-0.39, 0.29) is 5.97 Å². The van der Waals surface area contributed by atoms with Crippen molar-refractivity contribution in [1.82, 2.24) is 4.90 Å². The van der Waals surface area contributed by atoms with E-state index in [0.717, 1.165) is 24.8 Å². The Morgan fingerprint density at radius 2 is 1.39 bits per heavy atom. The molecule has 0 aromatic heterocycles. The van der Waals surface area contributed by atoms with Crippen molar-refractivity contribution in [3.05, 3.63) is 0 Å². The molecule has 0 rings (SSSR count). The van der Waals surface area contributed by atoms with Crippen LogP contribution in [-0.4, -0.2) is 38.1 Å². The van der Waals surface area contributed by atoms with E-state index in [1.165, 1.54) is 38.5 Å². The lowest BCUT2D eigenvalue weighted by Gasteiger charge is -2.15. The lowest BCUT2D eigenvalue weighted by Crippen LogP contribution is -2.20. The molecule has 138 valence electrons. The number of rotatable bonds is 14. The molecule has 0 spiro atoms. The number of hydrogen-bond acceptors (Lipinski definition) is 3. The molecular formula is C20H41NO2. The number of carbonyl (C=O) groups is 1. The maximum absolute atomic E-state index is 11.6. The van der Waals surface area contributed by atoms with Crippen LogP contribution in [0.15, 0.2) is 0 Å². The molecule has 0 aliphatic rings. The molecule has 0 bridgehead atoms. The first-order valence-electron chi connectivity index (χ1n) is 9.61. The van der Waals surface area contributed by atoms with E-state index < -0.39 is 0 Å². The maximum Gasteiger partial charge on any atom is 0.305 e. The summed E-state index contributed by atoms with van der Waals surface area (Å²) in [4.78, 5) is 13.7. The molecule has 0 saturated carbocycles. The van der Waals surface area contributed by atoms with Gasteiger partial charge >= 0.3 is 5.97 Å². The molecule has 0 saturated heterocycles. The highest BCUT2D eigenvalue weighted by molar-refractivity contribution is 5.69. The number of nitrogens with zero attached hydrogens (tertiary/aromatic N) is 1. The van der Waals surface area contributed by atoms with Crippen molar-refractivity contribution in [2.75, 3.05) is 27.2 Å². The summed E-state index contributed by atoms with van der Waals surface area (Å²) in [5, 5.41) is 0. The van der Waals surface area contributed by atoms with Crippen LogP contribution >= 0.6 is 0 Å². The molecule has 0 fully saturated rings. The molecule has 2 atom stereocenters. The number of hydrogen-bond donors (Lipinski definition) is 0. The van der Waals surface area contributed by atoms with E-state index in [4.69, 9.17) is 4.74 Å². The second-order valence-corrected chi connectivity index (χ2v) is 8.03. The van der Waals surface area contributed by atoms with Crippen LogP contribution in [-0.2, 0) is 9.53 Å². The smallest absolute Gasteiger partial charge is 0.305 e. The summed E-state index contributed by atoms with van der Waals surface area (Å²) in [6.07, 6.45) is 9.48. The van der Waals surface area contributed by atoms with E-state index in [9.17, 15) is 4.79 Å². The van der Waals surface area contributed by atoms with Gasteiger partial charge in [-0.2, -0.15) is 0 Å². The Bertz CT molecular complexity index is 289. The van der Waals surface area contributed by atoms with Crippen LogP contribution in [0, 0.1) is 17.8 Å². The highest BCUT2D eigenvalue weighted by Gasteiger charge is 2.09. The first-order chi connectivity index (χ1) is 10.8. The molecule has 0 aliphatic carbocycles.